The second-order valence-corrected chi connectivity index (χ2v) is 5.98. The van der Waals surface area contributed by atoms with Crippen LogP contribution in [-0.4, -0.2) is 6.04 Å². The minimum atomic E-state index is -0.134. The Balaban J connectivity index is 2.06. The molecule has 0 radical (unpaired) electrons. The second-order valence-electron chi connectivity index (χ2n) is 5.07. The summed E-state index contributed by atoms with van der Waals surface area (Å²) in [5.74, 6) is 0.570. The third-order valence-electron chi connectivity index (χ3n) is 3.75. The lowest BCUT2D eigenvalue weighted by molar-refractivity contribution is 0.382. The van der Waals surface area contributed by atoms with Crippen LogP contribution in [-0.2, 0) is 0 Å². The highest BCUT2D eigenvalue weighted by Gasteiger charge is 2.25. The average molecular weight is 300 g/mol. The maximum Gasteiger partial charge on any atom is 0.129 e. The van der Waals surface area contributed by atoms with E-state index in [1.165, 1.54) is 25.3 Å². The zero-order chi connectivity index (χ0) is 12.4. The van der Waals surface area contributed by atoms with Crippen molar-refractivity contribution in [3.05, 3.63) is 34.1 Å². The van der Waals surface area contributed by atoms with E-state index < -0.39 is 0 Å². The lowest BCUT2D eigenvalue weighted by Crippen LogP contribution is -2.33. The first-order valence-corrected chi connectivity index (χ1v) is 7.08. The largest absolute Gasteiger partial charge is 0.307 e. The second kappa shape index (κ2) is 5.49. The summed E-state index contributed by atoms with van der Waals surface area (Å²) in [6.45, 7) is 4.31. The van der Waals surface area contributed by atoms with Crippen molar-refractivity contribution in [1.82, 2.24) is 5.32 Å². The van der Waals surface area contributed by atoms with E-state index in [1.807, 2.05) is 19.1 Å². The first-order valence-electron chi connectivity index (χ1n) is 6.29. The molecule has 3 unspecified atom stereocenters. The molecule has 2 rings (SSSR count). The first kappa shape index (κ1) is 13.0. The summed E-state index contributed by atoms with van der Waals surface area (Å²) in [4.78, 5) is 0. The van der Waals surface area contributed by atoms with Crippen LogP contribution in [0.2, 0.25) is 0 Å². The summed E-state index contributed by atoms with van der Waals surface area (Å²) in [5.41, 5.74) is 0.757. The smallest absolute Gasteiger partial charge is 0.129 e. The van der Waals surface area contributed by atoms with Crippen molar-refractivity contribution in [1.29, 1.82) is 0 Å². The molecule has 1 nitrogen and oxygen atoms in total. The van der Waals surface area contributed by atoms with E-state index in [0.717, 1.165) is 10.0 Å². The highest BCUT2D eigenvalue weighted by molar-refractivity contribution is 9.10. The van der Waals surface area contributed by atoms with Gasteiger partial charge in [0.05, 0.1) is 0 Å². The summed E-state index contributed by atoms with van der Waals surface area (Å²) in [5, 5.41) is 3.55. The standard InChI is InChI=1S/C14H19BrFN/c1-9-4-3-5-14(9)17-10(2)12-7-6-11(15)8-13(12)16/h6-10,14,17H,3-5H2,1-2H3. The van der Waals surface area contributed by atoms with Crippen molar-refractivity contribution in [3.8, 4) is 0 Å². The molecule has 0 aromatic heterocycles. The predicted octanol–water partition coefficient (Wildman–Crippen LogP) is 4.43. The molecule has 1 aliphatic rings. The lowest BCUT2D eigenvalue weighted by Gasteiger charge is -2.23. The molecule has 0 amide bonds. The number of rotatable bonds is 3. The predicted molar refractivity (Wildman–Crippen MR) is 72.5 cm³/mol. The van der Waals surface area contributed by atoms with Crippen LogP contribution in [0.5, 0.6) is 0 Å². The van der Waals surface area contributed by atoms with Gasteiger partial charge < -0.3 is 5.32 Å². The molecule has 0 bridgehead atoms. The zero-order valence-corrected chi connectivity index (χ0v) is 11.9. The fraction of sp³-hybridized carbons (Fsp3) is 0.571. The van der Waals surface area contributed by atoms with Crippen molar-refractivity contribution in [3.63, 3.8) is 0 Å². The van der Waals surface area contributed by atoms with E-state index in [-0.39, 0.29) is 11.9 Å². The van der Waals surface area contributed by atoms with Gasteiger partial charge in [-0.25, -0.2) is 4.39 Å². The molecule has 0 spiro atoms. The van der Waals surface area contributed by atoms with Crippen LogP contribution in [0.4, 0.5) is 4.39 Å². The Kier molecular flexibility index (Phi) is 4.21. The SMILES string of the molecule is CC(NC1CCCC1C)c1ccc(Br)cc1F. The zero-order valence-electron chi connectivity index (χ0n) is 10.3. The highest BCUT2D eigenvalue weighted by atomic mass is 79.9. The summed E-state index contributed by atoms with van der Waals surface area (Å²) >= 11 is 3.28. The average Bonchev–Trinajstić information content (AvgIpc) is 2.64. The molecular weight excluding hydrogens is 281 g/mol. The topological polar surface area (TPSA) is 12.0 Å². The molecule has 1 saturated carbocycles. The molecule has 1 aliphatic carbocycles. The number of halogens is 2. The van der Waals surface area contributed by atoms with Crippen LogP contribution in [0.15, 0.2) is 22.7 Å². The van der Waals surface area contributed by atoms with Gasteiger partial charge >= 0.3 is 0 Å². The Labute approximate surface area is 111 Å². The summed E-state index contributed by atoms with van der Waals surface area (Å²) in [6, 6.07) is 5.90. The van der Waals surface area contributed by atoms with Crippen LogP contribution in [0, 0.1) is 11.7 Å². The Morgan fingerprint density at radius 2 is 2.18 bits per heavy atom. The fourth-order valence-corrected chi connectivity index (χ4v) is 2.99. The number of hydrogen-bond donors (Lipinski definition) is 1. The van der Waals surface area contributed by atoms with E-state index in [1.54, 1.807) is 0 Å². The quantitative estimate of drug-likeness (QED) is 0.871. The third kappa shape index (κ3) is 3.08. The molecular formula is C14H19BrFN. The molecule has 1 aromatic carbocycles. The number of nitrogens with one attached hydrogen (secondary N) is 1. The lowest BCUT2D eigenvalue weighted by atomic mass is 10.0. The number of hydrogen-bond acceptors (Lipinski definition) is 1. The normalized spacial score (nSPS) is 26.1. The van der Waals surface area contributed by atoms with Crippen LogP contribution < -0.4 is 5.32 Å². The molecule has 0 heterocycles. The Bertz CT molecular complexity index is 394. The van der Waals surface area contributed by atoms with Crippen LogP contribution in [0.3, 0.4) is 0 Å². The van der Waals surface area contributed by atoms with E-state index in [2.05, 4.69) is 28.2 Å². The van der Waals surface area contributed by atoms with Crippen molar-refractivity contribution < 1.29 is 4.39 Å². The van der Waals surface area contributed by atoms with E-state index in [0.29, 0.717) is 12.0 Å². The van der Waals surface area contributed by atoms with Gasteiger partial charge in [-0.15, -0.1) is 0 Å². The molecule has 0 saturated heterocycles. The molecule has 1 fully saturated rings. The minimum absolute atomic E-state index is 0.0775. The van der Waals surface area contributed by atoms with Gasteiger partial charge in [-0.2, -0.15) is 0 Å². The molecule has 94 valence electrons. The van der Waals surface area contributed by atoms with Gasteiger partial charge in [0, 0.05) is 22.1 Å². The Morgan fingerprint density at radius 3 is 2.76 bits per heavy atom. The van der Waals surface area contributed by atoms with E-state index >= 15 is 0 Å². The van der Waals surface area contributed by atoms with Gasteiger partial charge in [0.25, 0.3) is 0 Å². The molecule has 1 N–H and O–H groups in total. The Morgan fingerprint density at radius 1 is 1.41 bits per heavy atom. The maximum absolute atomic E-state index is 13.8. The minimum Gasteiger partial charge on any atom is -0.307 e. The van der Waals surface area contributed by atoms with E-state index in [4.69, 9.17) is 0 Å². The highest BCUT2D eigenvalue weighted by Crippen LogP contribution is 2.28. The fourth-order valence-electron chi connectivity index (χ4n) is 2.66. The van der Waals surface area contributed by atoms with Gasteiger partial charge in [-0.1, -0.05) is 35.3 Å². The van der Waals surface area contributed by atoms with E-state index in [9.17, 15) is 4.39 Å². The van der Waals surface area contributed by atoms with Crippen molar-refractivity contribution in [2.75, 3.05) is 0 Å². The van der Waals surface area contributed by atoms with Crippen LogP contribution in [0.25, 0.3) is 0 Å². The monoisotopic (exact) mass is 299 g/mol. The maximum atomic E-state index is 13.8. The first-order chi connectivity index (χ1) is 8.08. The summed E-state index contributed by atoms with van der Waals surface area (Å²) < 4.78 is 14.6. The van der Waals surface area contributed by atoms with Crippen LogP contribution in [0.1, 0.15) is 44.7 Å². The van der Waals surface area contributed by atoms with Crippen LogP contribution >= 0.6 is 15.9 Å². The van der Waals surface area contributed by atoms with Gasteiger partial charge in [-0.05, 0) is 37.8 Å². The van der Waals surface area contributed by atoms with Gasteiger partial charge in [0.2, 0.25) is 0 Å². The molecule has 1 aromatic rings. The van der Waals surface area contributed by atoms with Gasteiger partial charge in [0.15, 0.2) is 0 Å². The number of benzene rings is 1. The van der Waals surface area contributed by atoms with Crippen molar-refractivity contribution in [2.24, 2.45) is 5.92 Å². The molecule has 17 heavy (non-hydrogen) atoms. The molecule has 0 aliphatic heterocycles. The molecule has 3 atom stereocenters. The van der Waals surface area contributed by atoms with Gasteiger partial charge in [-0.3, -0.25) is 0 Å². The third-order valence-corrected chi connectivity index (χ3v) is 4.25. The van der Waals surface area contributed by atoms with Crippen molar-refractivity contribution >= 4 is 15.9 Å². The summed E-state index contributed by atoms with van der Waals surface area (Å²) in [6.07, 6.45) is 3.78. The Hall–Kier alpha value is -0.410. The summed E-state index contributed by atoms with van der Waals surface area (Å²) in [7, 11) is 0. The van der Waals surface area contributed by atoms with Gasteiger partial charge in [0.1, 0.15) is 5.82 Å². The molecule has 3 heteroatoms. The van der Waals surface area contributed by atoms with Crippen molar-refractivity contribution in [2.45, 2.75) is 45.2 Å².